The number of carbonyl (C=O) groups is 1. The highest BCUT2D eigenvalue weighted by molar-refractivity contribution is 5.76. The first kappa shape index (κ1) is 11.7. The van der Waals surface area contributed by atoms with Crippen molar-refractivity contribution in [3.63, 3.8) is 0 Å². The molecular weight excluding hydrogens is 248 g/mol. The molecule has 2 atom stereocenters. The summed E-state index contributed by atoms with van der Waals surface area (Å²) in [6, 6.07) is 16.7. The molecule has 3 aliphatic carbocycles. The number of rotatable bonds is 1. The Kier molecular flexibility index (Phi) is 2.31. The topological polar surface area (TPSA) is 37.3 Å². The van der Waals surface area contributed by atoms with Crippen molar-refractivity contribution in [3.05, 3.63) is 70.8 Å². The van der Waals surface area contributed by atoms with Crippen molar-refractivity contribution in [2.24, 2.45) is 11.8 Å². The van der Waals surface area contributed by atoms with Crippen LogP contribution in [0.25, 0.3) is 0 Å². The van der Waals surface area contributed by atoms with Crippen molar-refractivity contribution in [2.45, 2.75) is 18.8 Å². The summed E-state index contributed by atoms with van der Waals surface area (Å²) in [6.45, 7) is 2.09. The number of aliphatic carboxylic acids is 1. The first-order valence-electron chi connectivity index (χ1n) is 7.10. The van der Waals surface area contributed by atoms with Gasteiger partial charge in [-0.2, -0.15) is 0 Å². The summed E-state index contributed by atoms with van der Waals surface area (Å²) in [4.78, 5) is 11.8. The predicted octanol–water partition coefficient (Wildman–Crippen LogP) is 3.61. The lowest BCUT2D eigenvalue weighted by atomic mass is 9.55. The maximum Gasteiger partial charge on any atom is 0.307 e. The van der Waals surface area contributed by atoms with Crippen molar-refractivity contribution in [1.29, 1.82) is 0 Å². The van der Waals surface area contributed by atoms with Crippen molar-refractivity contribution in [1.82, 2.24) is 0 Å². The Morgan fingerprint density at radius 2 is 1.25 bits per heavy atom. The summed E-state index contributed by atoms with van der Waals surface area (Å²) < 4.78 is 0. The maximum atomic E-state index is 11.8. The van der Waals surface area contributed by atoms with Crippen LogP contribution in [0.2, 0.25) is 0 Å². The summed E-state index contributed by atoms with van der Waals surface area (Å²) in [5, 5.41) is 9.68. The lowest BCUT2D eigenvalue weighted by Gasteiger charge is -2.48. The van der Waals surface area contributed by atoms with Crippen LogP contribution in [0.15, 0.2) is 48.5 Å². The molecule has 0 aliphatic heterocycles. The van der Waals surface area contributed by atoms with E-state index in [2.05, 4.69) is 43.3 Å². The first-order valence-corrected chi connectivity index (χ1v) is 7.10. The van der Waals surface area contributed by atoms with Gasteiger partial charge in [-0.15, -0.1) is 0 Å². The maximum absolute atomic E-state index is 11.8. The molecule has 5 rings (SSSR count). The van der Waals surface area contributed by atoms with Crippen LogP contribution in [0.3, 0.4) is 0 Å². The van der Waals surface area contributed by atoms with Crippen molar-refractivity contribution in [3.8, 4) is 0 Å². The minimum absolute atomic E-state index is 0.0000926. The van der Waals surface area contributed by atoms with E-state index in [4.69, 9.17) is 0 Å². The fourth-order valence-corrected chi connectivity index (χ4v) is 4.32. The predicted molar refractivity (Wildman–Crippen MR) is 76.9 cm³/mol. The van der Waals surface area contributed by atoms with Crippen LogP contribution in [0, 0.1) is 11.8 Å². The van der Waals surface area contributed by atoms with Gasteiger partial charge >= 0.3 is 5.97 Å². The van der Waals surface area contributed by atoms with Crippen LogP contribution in [0.5, 0.6) is 0 Å². The largest absolute Gasteiger partial charge is 0.481 e. The molecule has 2 unspecified atom stereocenters. The quantitative estimate of drug-likeness (QED) is 0.854. The molecule has 2 aromatic rings. The summed E-state index contributed by atoms with van der Waals surface area (Å²) in [6.07, 6.45) is 0. The molecule has 0 radical (unpaired) electrons. The summed E-state index contributed by atoms with van der Waals surface area (Å²) in [5.74, 6) is -0.628. The van der Waals surface area contributed by atoms with Crippen LogP contribution >= 0.6 is 0 Å². The van der Waals surface area contributed by atoms with Gasteiger partial charge in [0, 0.05) is 11.8 Å². The minimum atomic E-state index is -0.670. The van der Waals surface area contributed by atoms with Crippen LogP contribution < -0.4 is 0 Å². The first-order chi connectivity index (χ1) is 9.70. The second-order valence-electron chi connectivity index (χ2n) is 5.94. The third-order valence-electron chi connectivity index (χ3n) is 5.07. The number of fused-ring (bicyclic) bond motifs is 1. The minimum Gasteiger partial charge on any atom is -0.481 e. The molecule has 3 aliphatic rings. The number of hydrogen-bond donors (Lipinski definition) is 1. The smallest absolute Gasteiger partial charge is 0.307 e. The van der Waals surface area contributed by atoms with Crippen LogP contribution in [-0.4, -0.2) is 11.1 Å². The lowest BCUT2D eigenvalue weighted by molar-refractivity contribution is -0.145. The molecule has 0 aromatic heterocycles. The second kappa shape index (κ2) is 3.95. The normalized spacial score (nSPS) is 29.6. The Morgan fingerprint density at radius 1 is 0.850 bits per heavy atom. The molecule has 0 spiro atoms. The fraction of sp³-hybridized carbons (Fsp3) is 0.278. The van der Waals surface area contributed by atoms with Crippen molar-refractivity contribution in [2.75, 3.05) is 0 Å². The van der Waals surface area contributed by atoms with E-state index in [0.717, 1.165) is 0 Å². The van der Waals surface area contributed by atoms with E-state index in [-0.39, 0.29) is 23.7 Å². The lowest BCUT2D eigenvalue weighted by Crippen LogP contribution is -2.42. The van der Waals surface area contributed by atoms with Gasteiger partial charge in [0.05, 0.1) is 5.92 Å². The molecule has 2 bridgehead atoms. The molecule has 100 valence electrons. The van der Waals surface area contributed by atoms with Gasteiger partial charge in [0.2, 0.25) is 0 Å². The number of carboxylic acids is 1. The van der Waals surface area contributed by atoms with Gasteiger partial charge in [0.1, 0.15) is 0 Å². The van der Waals surface area contributed by atoms with Gasteiger partial charge in [-0.1, -0.05) is 55.5 Å². The second-order valence-corrected chi connectivity index (χ2v) is 5.94. The zero-order valence-corrected chi connectivity index (χ0v) is 11.3. The standard InChI is InChI=1S/C18H16O2/c1-10-15-11-6-2-4-8-13(11)17(16(10)18(19)20)14-9-5-3-7-12(14)15/h2-10,15-17H,1H3,(H,19,20). The molecule has 0 amide bonds. The van der Waals surface area contributed by atoms with Gasteiger partial charge in [-0.3, -0.25) is 4.79 Å². The molecule has 2 nitrogen and oxygen atoms in total. The van der Waals surface area contributed by atoms with Gasteiger partial charge in [-0.05, 0) is 28.2 Å². The van der Waals surface area contributed by atoms with E-state index in [9.17, 15) is 9.90 Å². The SMILES string of the molecule is CC1C2c3ccccc3C(c3ccccc32)C1C(=O)O. The van der Waals surface area contributed by atoms with Gasteiger partial charge < -0.3 is 5.11 Å². The number of hydrogen-bond acceptors (Lipinski definition) is 1. The van der Waals surface area contributed by atoms with E-state index in [1.165, 1.54) is 22.3 Å². The van der Waals surface area contributed by atoms with E-state index in [0.29, 0.717) is 0 Å². The monoisotopic (exact) mass is 264 g/mol. The van der Waals surface area contributed by atoms with Crippen LogP contribution in [0.4, 0.5) is 0 Å². The third kappa shape index (κ3) is 1.31. The number of carboxylic acid groups (broad SMARTS) is 1. The Hall–Kier alpha value is -2.09. The van der Waals surface area contributed by atoms with E-state index in [1.807, 2.05) is 12.1 Å². The van der Waals surface area contributed by atoms with E-state index < -0.39 is 5.97 Å². The third-order valence-corrected chi connectivity index (χ3v) is 5.07. The zero-order chi connectivity index (χ0) is 13.9. The van der Waals surface area contributed by atoms with Gasteiger partial charge in [0.15, 0.2) is 0 Å². The zero-order valence-electron chi connectivity index (χ0n) is 11.3. The summed E-state index contributed by atoms with van der Waals surface area (Å²) in [5.41, 5.74) is 5.06. The van der Waals surface area contributed by atoms with E-state index >= 15 is 0 Å². The highest BCUT2D eigenvalue weighted by Gasteiger charge is 2.50. The van der Waals surface area contributed by atoms with Crippen LogP contribution in [-0.2, 0) is 4.79 Å². The highest BCUT2D eigenvalue weighted by Crippen LogP contribution is 2.57. The van der Waals surface area contributed by atoms with Crippen molar-refractivity contribution < 1.29 is 9.90 Å². The molecule has 1 N–H and O–H groups in total. The van der Waals surface area contributed by atoms with Crippen molar-refractivity contribution >= 4 is 5.97 Å². The summed E-state index contributed by atoms with van der Waals surface area (Å²) >= 11 is 0. The molecule has 0 saturated heterocycles. The van der Waals surface area contributed by atoms with Crippen LogP contribution in [0.1, 0.15) is 41.0 Å². The Labute approximate surface area is 118 Å². The Morgan fingerprint density at radius 3 is 1.65 bits per heavy atom. The average Bonchev–Trinajstić information content (AvgIpc) is 2.47. The molecule has 0 saturated carbocycles. The fourth-order valence-electron chi connectivity index (χ4n) is 4.32. The molecular formula is C18H16O2. The molecule has 0 fully saturated rings. The van der Waals surface area contributed by atoms with E-state index in [1.54, 1.807) is 0 Å². The number of benzene rings is 2. The molecule has 2 heteroatoms. The summed E-state index contributed by atoms with van der Waals surface area (Å²) in [7, 11) is 0. The Bertz CT molecular complexity index is 657. The Balaban J connectivity index is 2.04. The van der Waals surface area contributed by atoms with Gasteiger partial charge in [-0.25, -0.2) is 0 Å². The molecule has 20 heavy (non-hydrogen) atoms. The molecule has 2 aromatic carbocycles. The average molecular weight is 264 g/mol. The highest BCUT2D eigenvalue weighted by atomic mass is 16.4. The molecule has 0 heterocycles. The van der Waals surface area contributed by atoms with Gasteiger partial charge in [0.25, 0.3) is 0 Å².